The largest absolute Gasteiger partial charge is 0.343 e. The first-order valence-electron chi connectivity index (χ1n) is 7.08. The van der Waals surface area contributed by atoms with Gasteiger partial charge in [-0.25, -0.2) is 0 Å². The minimum atomic E-state index is -0.0829. The van der Waals surface area contributed by atoms with Crippen LogP contribution in [0.4, 0.5) is 0 Å². The summed E-state index contributed by atoms with van der Waals surface area (Å²) >= 11 is 1.66. The van der Waals surface area contributed by atoms with E-state index < -0.39 is 0 Å². The lowest BCUT2D eigenvalue weighted by atomic mass is 10.1. The van der Waals surface area contributed by atoms with Crippen molar-refractivity contribution in [2.45, 2.75) is 32.4 Å². The maximum atomic E-state index is 12.2. The third-order valence-electron chi connectivity index (χ3n) is 3.05. The number of rotatable bonds is 5. The summed E-state index contributed by atoms with van der Waals surface area (Å²) in [4.78, 5) is 13.3. The van der Waals surface area contributed by atoms with Gasteiger partial charge in [-0.2, -0.15) is 0 Å². The Morgan fingerprint density at radius 2 is 1.86 bits per heavy atom. The lowest BCUT2D eigenvalue weighted by Crippen LogP contribution is -2.44. The van der Waals surface area contributed by atoms with E-state index in [0.717, 1.165) is 10.4 Å². The SMILES string of the molecule is CC(C)(C)NCC(=O)NC(c1ccccc1)c1cccs1. The van der Waals surface area contributed by atoms with E-state index in [2.05, 4.69) is 16.7 Å². The van der Waals surface area contributed by atoms with Crippen LogP contribution in [-0.2, 0) is 4.79 Å². The van der Waals surface area contributed by atoms with E-state index in [1.54, 1.807) is 11.3 Å². The predicted octanol–water partition coefficient (Wildman–Crippen LogP) is 3.34. The first-order chi connectivity index (χ1) is 9.96. The standard InChI is InChI=1S/C17H22N2OS/c1-17(2,3)18-12-15(20)19-16(14-10-7-11-21-14)13-8-5-4-6-9-13/h4-11,16,18H,12H2,1-3H3,(H,19,20). The smallest absolute Gasteiger partial charge is 0.234 e. The zero-order valence-electron chi connectivity index (χ0n) is 12.7. The lowest BCUT2D eigenvalue weighted by Gasteiger charge is -2.22. The van der Waals surface area contributed by atoms with Gasteiger partial charge in [0.25, 0.3) is 0 Å². The summed E-state index contributed by atoms with van der Waals surface area (Å²) in [6.07, 6.45) is 0. The molecule has 1 atom stereocenters. The second kappa shape index (κ2) is 6.87. The van der Waals surface area contributed by atoms with E-state index in [0.29, 0.717) is 6.54 Å². The molecular formula is C17H22N2OS. The molecule has 3 nitrogen and oxygen atoms in total. The van der Waals surface area contributed by atoms with Crippen LogP contribution in [0.15, 0.2) is 47.8 Å². The second-order valence-electron chi connectivity index (χ2n) is 6.03. The number of nitrogens with one attached hydrogen (secondary N) is 2. The van der Waals surface area contributed by atoms with E-state index in [4.69, 9.17) is 0 Å². The van der Waals surface area contributed by atoms with Crippen molar-refractivity contribution in [3.63, 3.8) is 0 Å². The van der Waals surface area contributed by atoms with Gasteiger partial charge in [0.05, 0.1) is 12.6 Å². The molecule has 2 N–H and O–H groups in total. The van der Waals surface area contributed by atoms with Crippen molar-refractivity contribution in [2.24, 2.45) is 0 Å². The van der Waals surface area contributed by atoms with Crippen LogP contribution in [0.5, 0.6) is 0 Å². The van der Waals surface area contributed by atoms with Crippen molar-refractivity contribution in [1.82, 2.24) is 10.6 Å². The molecule has 0 aliphatic heterocycles. The number of hydrogen-bond acceptors (Lipinski definition) is 3. The van der Waals surface area contributed by atoms with Gasteiger partial charge in [-0.05, 0) is 37.8 Å². The highest BCUT2D eigenvalue weighted by Crippen LogP contribution is 2.25. The van der Waals surface area contributed by atoms with Crippen LogP contribution < -0.4 is 10.6 Å². The summed E-state index contributed by atoms with van der Waals surface area (Å²) in [5.74, 6) is 0.00665. The molecule has 0 saturated heterocycles. The second-order valence-corrected chi connectivity index (χ2v) is 7.01. The molecule has 2 rings (SSSR count). The maximum Gasteiger partial charge on any atom is 0.234 e. The fourth-order valence-electron chi connectivity index (χ4n) is 1.98. The van der Waals surface area contributed by atoms with Gasteiger partial charge in [0.1, 0.15) is 0 Å². The molecule has 0 aliphatic carbocycles. The summed E-state index contributed by atoms with van der Waals surface area (Å²) in [5, 5.41) is 8.36. The first kappa shape index (κ1) is 15.7. The molecule has 0 radical (unpaired) electrons. The van der Waals surface area contributed by atoms with Crippen LogP contribution in [-0.4, -0.2) is 18.0 Å². The molecule has 0 saturated carbocycles. The molecule has 0 bridgehead atoms. The van der Waals surface area contributed by atoms with Crippen molar-refractivity contribution in [2.75, 3.05) is 6.54 Å². The number of benzene rings is 1. The number of carbonyl (C=O) groups excluding carboxylic acids is 1. The van der Waals surface area contributed by atoms with Gasteiger partial charge in [0.15, 0.2) is 0 Å². The average Bonchev–Trinajstić information content (AvgIpc) is 2.96. The van der Waals surface area contributed by atoms with Gasteiger partial charge >= 0.3 is 0 Å². The molecule has 2 aromatic rings. The van der Waals surface area contributed by atoms with Gasteiger partial charge in [-0.15, -0.1) is 11.3 Å². The molecule has 0 spiro atoms. The summed E-state index contributed by atoms with van der Waals surface area (Å²) < 4.78 is 0. The van der Waals surface area contributed by atoms with E-state index >= 15 is 0 Å². The summed E-state index contributed by atoms with van der Waals surface area (Å²) in [6.45, 7) is 6.47. The van der Waals surface area contributed by atoms with Crippen molar-refractivity contribution < 1.29 is 4.79 Å². The molecule has 1 amide bonds. The monoisotopic (exact) mass is 302 g/mol. The van der Waals surface area contributed by atoms with Crippen LogP contribution in [0, 0.1) is 0 Å². The highest BCUT2D eigenvalue weighted by molar-refractivity contribution is 7.10. The summed E-state index contributed by atoms with van der Waals surface area (Å²) in [7, 11) is 0. The molecular weight excluding hydrogens is 280 g/mol. The Hall–Kier alpha value is -1.65. The Balaban J connectivity index is 2.09. The fraction of sp³-hybridized carbons (Fsp3) is 0.353. The van der Waals surface area contributed by atoms with E-state index in [-0.39, 0.29) is 17.5 Å². The fourth-order valence-corrected chi connectivity index (χ4v) is 2.78. The Labute approximate surface area is 130 Å². The molecule has 0 aliphatic rings. The van der Waals surface area contributed by atoms with E-state index in [9.17, 15) is 4.79 Å². The maximum absolute atomic E-state index is 12.2. The van der Waals surface area contributed by atoms with Gasteiger partial charge in [0.2, 0.25) is 5.91 Å². The average molecular weight is 302 g/mol. The molecule has 1 aromatic carbocycles. The predicted molar refractivity (Wildman–Crippen MR) is 88.5 cm³/mol. The number of amides is 1. The molecule has 0 fully saturated rings. The molecule has 21 heavy (non-hydrogen) atoms. The quantitative estimate of drug-likeness (QED) is 0.889. The summed E-state index contributed by atoms with van der Waals surface area (Å²) in [5.41, 5.74) is 1.03. The Morgan fingerprint density at radius 1 is 1.14 bits per heavy atom. The third kappa shape index (κ3) is 4.99. The highest BCUT2D eigenvalue weighted by Gasteiger charge is 2.18. The van der Waals surface area contributed by atoms with Crippen molar-refractivity contribution in [3.05, 3.63) is 58.3 Å². The lowest BCUT2D eigenvalue weighted by molar-refractivity contribution is -0.121. The zero-order chi connectivity index (χ0) is 15.3. The van der Waals surface area contributed by atoms with Gasteiger partial charge in [-0.3, -0.25) is 4.79 Å². The molecule has 1 aromatic heterocycles. The van der Waals surface area contributed by atoms with Gasteiger partial charge in [0, 0.05) is 10.4 Å². The minimum absolute atomic E-state index is 0.00665. The van der Waals surface area contributed by atoms with Crippen molar-refractivity contribution >= 4 is 17.2 Å². The number of carbonyl (C=O) groups is 1. The topological polar surface area (TPSA) is 41.1 Å². The first-order valence-corrected chi connectivity index (χ1v) is 7.96. The van der Waals surface area contributed by atoms with E-state index in [1.807, 2.05) is 62.5 Å². The molecule has 1 unspecified atom stereocenters. The minimum Gasteiger partial charge on any atom is -0.343 e. The van der Waals surface area contributed by atoms with E-state index in [1.165, 1.54) is 0 Å². The molecule has 112 valence electrons. The Bertz CT molecular complexity index is 558. The summed E-state index contributed by atoms with van der Waals surface area (Å²) in [6, 6.07) is 14.0. The van der Waals surface area contributed by atoms with Crippen LogP contribution in [0.25, 0.3) is 0 Å². The Kier molecular flexibility index (Phi) is 5.15. The zero-order valence-corrected chi connectivity index (χ0v) is 13.5. The van der Waals surface area contributed by atoms with Gasteiger partial charge < -0.3 is 10.6 Å². The highest BCUT2D eigenvalue weighted by atomic mass is 32.1. The van der Waals surface area contributed by atoms with Crippen LogP contribution in [0.2, 0.25) is 0 Å². The Morgan fingerprint density at radius 3 is 2.43 bits per heavy atom. The molecule has 1 heterocycles. The van der Waals surface area contributed by atoms with Crippen LogP contribution in [0.1, 0.15) is 37.3 Å². The van der Waals surface area contributed by atoms with Crippen LogP contribution in [0.3, 0.4) is 0 Å². The number of thiophene rings is 1. The van der Waals surface area contributed by atoms with Crippen molar-refractivity contribution in [1.29, 1.82) is 0 Å². The number of hydrogen-bond donors (Lipinski definition) is 2. The van der Waals surface area contributed by atoms with Crippen LogP contribution >= 0.6 is 11.3 Å². The normalized spacial score (nSPS) is 12.9. The van der Waals surface area contributed by atoms with Gasteiger partial charge in [-0.1, -0.05) is 36.4 Å². The third-order valence-corrected chi connectivity index (χ3v) is 3.98. The molecule has 4 heteroatoms. The van der Waals surface area contributed by atoms with Crippen molar-refractivity contribution in [3.8, 4) is 0 Å².